The van der Waals surface area contributed by atoms with Gasteiger partial charge in [0.05, 0.1) is 0 Å². The van der Waals surface area contributed by atoms with Crippen LogP contribution in [-0.2, 0) is 14.3 Å². The molecule has 12 heavy (non-hydrogen) atoms. The minimum atomic E-state index is -1.49. The number of fused-ring (bicyclic) bond motifs is 1. The Bertz CT molecular complexity index is 283. The second-order valence-electron chi connectivity index (χ2n) is 2.43. The summed E-state index contributed by atoms with van der Waals surface area (Å²) in [7, 11) is 0. The van der Waals surface area contributed by atoms with Gasteiger partial charge in [0, 0.05) is 0 Å². The van der Waals surface area contributed by atoms with Crippen molar-refractivity contribution in [3.05, 3.63) is 24.1 Å². The predicted molar refractivity (Wildman–Crippen MR) is 37.8 cm³/mol. The monoisotopic (exact) mass is 169 g/mol. The molecule has 2 heterocycles. The molecular formula is C7H7NO4. The number of ether oxygens (including phenoxy) is 2. The van der Waals surface area contributed by atoms with Crippen molar-refractivity contribution in [3.63, 3.8) is 0 Å². The summed E-state index contributed by atoms with van der Waals surface area (Å²) in [5.41, 5.74) is -1.49. The minimum Gasteiger partial charge on any atom is -0.477 e. The van der Waals surface area contributed by atoms with E-state index >= 15 is 0 Å². The van der Waals surface area contributed by atoms with Crippen LogP contribution in [0.5, 0.6) is 0 Å². The van der Waals surface area contributed by atoms with Gasteiger partial charge in [-0.15, -0.1) is 0 Å². The molecule has 1 atom stereocenters. The Hall–Kier alpha value is -1.49. The van der Waals surface area contributed by atoms with Crippen molar-refractivity contribution in [1.29, 1.82) is 0 Å². The van der Waals surface area contributed by atoms with Crippen LogP contribution in [0.15, 0.2) is 24.1 Å². The van der Waals surface area contributed by atoms with Crippen molar-refractivity contribution >= 4 is 5.97 Å². The molecule has 1 saturated heterocycles. The van der Waals surface area contributed by atoms with Gasteiger partial charge in [0.15, 0.2) is 12.6 Å². The third-order valence-corrected chi connectivity index (χ3v) is 1.77. The molecule has 0 saturated carbocycles. The molecule has 0 aliphatic carbocycles. The van der Waals surface area contributed by atoms with E-state index in [1.165, 1.54) is 6.20 Å². The number of carboxylic acids is 1. The number of carboxylic acid groups (broad SMARTS) is 1. The SMILES string of the molecule is O=C(O)C12NC=CC=C1OCO2. The molecule has 2 aliphatic rings. The maximum absolute atomic E-state index is 10.8. The van der Waals surface area contributed by atoms with E-state index in [0.717, 1.165) is 0 Å². The number of dihydropyridines is 1. The normalized spacial score (nSPS) is 31.5. The van der Waals surface area contributed by atoms with Crippen LogP contribution in [0.3, 0.4) is 0 Å². The van der Waals surface area contributed by atoms with Gasteiger partial charge in [0.1, 0.15) is 0 Å². The average molecular weight is 169 g/mol. The molecule has 1 fully saturated rings. The molecule has 2 N–H and O–H groups in total. The van der Waals surface area contributed by atoms with Crippen LogP contribution in [0, 0.1) is 0 Å². The lowest BCUT2D eigenvalue weighted by Gasteiger charge is -2.23. The molecule has 1 unspecified atom stereocenters. The summed E-state index contributed by atoms with van der Waals surface area (Å²) in [6.45, 7) is -0.0349. The molecule has 64 valence electrons. The van der Waals surface area contributed by atoms with E-state index in [9.17, 15) is 4.79 Å². The van der Waals surface area contributed by atoms with Crippen LogP contribution >= 0.6 is 0 Å². The van der Waals surface area contributed by atoms with Crippen molar-refractivity contribution in [2.24, 2.45) is 0 Å². The van der Waals surface area contributed by atoms with Gasteiger partial charge in [0.25, 0.3) is 5.72 Å². The summed E-state index contributed by atoms with van der Waals surface area (Å²) < 4.78 is 9.92. The first-order valence-corrected chi connectivity index (χ1v) is 3.41. The number of aliphatic carboxylic acids is 1. The maximum Gasteiger partial charge on any atom is 0.365 e. The quantitative estimate of drug-likeness (QED) is 0.567. The molecule has 0 amide bonds. The van der Waals surface area contributed by atoms with E-state index in [0.29, 0.717) is 0 Å². The second kappa shape index (κ2) is 2.25. The minimum absolute atomic E-state index is 0.0349. The first-order chi connectivity index (χ1) is 5.76. The van der Waals surface area contributed by atoms with Crippen LogP contribution in [0.25, 0.3) is 0 Å². The fraction of sp³-hybridized carbons (Fsp3) is 0.286. The van der Waals surface area contributed by atoms with E-state index in [4.69, 9.17) is 14.6 Å². The summed E-state index contributed by atoms with van der Waals surface area (Å²) in [5.74, 6) is -0.812. The molecule has 5 nitrogen and oxygen atoms in total. The lowest BCUT2D eigenvalue weighted by Crippen LogP contribution is -2.51. The lowest BCUT2D eigenvalue weighted by atomic mass is 10.1. The third-order valence-electron chi connectivity index (χ3n) is 1.77. The highest BCUT2D eigenvalue weighted by molar-refractivity contribution is 5.81. The Morgan fingerprint density at radius 3 is 3.25 bits per heavy atom. The molecule has 2 rings (SSSR count). The van der Waals surface area contributed by atoms with Crippen molar-refractivity contribution in [3.8, 4) is 0 Å². The Kier molecular flexibility index (Phi) is 1.34. The largest absolute Gasteiger partial charge is 0.477 e. The predicted octanol–water partition coefficient (Wildman–Crippen LogP) is -0.228. The van der Waals surface area contributed by atoms with Gasteiger partial charge < -0.3 is 19.9 Å². The molecule has 0 radical (unpaired) electrons. The van der Waals surface area contributed by atoms with Crippen LogP contribution in [0.4, 0.5) is 0 Å². The van der Waals surface area contributed by atoms with Gasteiger partial charge in [-0.2, -0.15) is 0 Å². The van der Waals surface area contributed by atoms with Crippen LogP contribution in [0.1, 0.15) is 0 Å². The number of hydrogen-bond acceptors (Lipinski definition) is 4. The number of nitrogens with one attached hydrogen (secondary N) is 1. The topological polar surface area (TPSA) is 67.8 Å². The fourth-order valence-corrected chi connectivity index (χ4v) is 1.16. The molecule has 0 aromatic heterocycles. The number of allylic oxidation sites excluding steroid dienone is 2. The zero-order valence-corrected chi connectivity index (χ0v) is 6.11. The van der Waals surface area contributed by atoms with Gasteiger partial charge in [-0.3, -0.25) is 0 Å². The van der Waals surface area contributed by atoms with Crippen LogP contribution < -0.4 is 5.32 Å². The summed E-state index contributed by atoms with van der Waals surface area (Å²) in [4.78, 5) is 10.8. The summed E-state index contributed by atoms with van der Waals surface area (Å²) in [6.07, 6.45) is 4.73. The Morgan fingerprint density at radius 1 is 1.75 bits per heavy atom. The molecule has 0 spiro atoms. The average Bonchev–Trinajstić information content (AvgIpc) is 2.48. The van der Waals surface area contributed by atoms with E-state index in [-0.39, 0.29) is 12.6 Å². The standard InChI is InChI=1S/C7H7NO4/c9-6(10)7-5(11-4-12-7)2-1-3-8-7/h1-3,8H,4H2,(H,9,10). The number of rotatable bonds is 1. The molecule has 0 aromatic rings. The first-order valence-electron chi connectivity index (χ1n) is 3.41. The summed E-state index contributed by atoms with van der Waals surface area (Å²) in [5, 5.41) is 11.5. The summed E-state index contributed by atoms with van der Waals surface area (Å²) in [6, 6.07) is 0. The van der Waals surface area contributed by atoms with Gasteiger partial charge in [-0.25, -0.2) is 4.79 Å². The molecule has 2 aliphatic heterocycles. The molecule has 0 bridgehead atoms. The van der Waals surface area contributed by atoms with Crippen molar-refractivity contribution in [2.45, 2.75) is 5.72 Å². The summed E-state index contributed by atoms with van der Waals surface area (Å²) >= 11 is 0. The van der Waals surface area contributed by atoms with E-state index in [1.807, 2.05) is 0 Å². The highest BCUT2D eigenvalue weighted by Crippen LogP contribution is 2.29. The van der Waals surface area contributed by atoms with Gasteiger partial charge >= 0.3 is 5.97 Å². The van der Waals surface area contributed by atoms with Gasteiger partial charge in [-0.05, 0) is 18.4 Å². The third kappa shape index (κ3) is 0.738. The van der Waals surface area contributed by atoms with Gasteiger partial charge in [0.2, 0.25) is 0 Å². The fourth-order valence-electron chi connectivity index (χ4n) is 1.16. The van der Waals surface area contributed by atoms with Crippen molar-refractivity contribution < 1.29 is 19.4 Å². The second-order valence-corrected chi connectivity index (χ2v) is 2.43. The van der Waals surface area contributed by atoms with Crippen molar-refractivity contribution in [1.82, 2.24) is 5.32 Å². The molecular weight excluding hydrogens is 162 g/mol. The van der Waals surface area contributed by atoms with Crippen LogP contribution in [-0.4, -0.2) is 23.6 Å². The zero-order chi connectivity index (χ0) is 8.60. The van der Waals surface area contributed by atoms with E-state index < -0.39 is 11.7 Å². The number of hydrogen-bond donors (Lipinski definition) is 2. The maximum atomic E-state index is 10.8. The van der Waals surface area contributed by atoms with E-state index in [2.05, 4.69) is 5.32 Å². The first kappa shape index (κ1) is 7.17. The zero-order valence-electron chi connectivity index (χ0n) is 6.11. The van der Waals surface area contributed by atoms with Crippen molar-refractivity contribution in [2.75, 3.05) is 6.79 Å². The number of carbonyl (C=O) groups is 1. The Balaban J connectivity index is 2.40. The van der Waals surface area contributed by atoms with E-state index in [1.54, 1.807) is 12.2 Å². The smallest absolute Gasteiger partial charge is 0.365 e. The lowest BCUT2D eigenvalue weighted by molar-refractivity contribution is -0.159. The van der Waals surface area contributed by atoms with Gasteiger partial charge in [-0.1, -0.05) is 0 Å². The Labute approximate surface area is 68.3 Å². The highest BCUT2D eigenvalue weighted by atomic mass is 16.7. The highest BCUT2D eigenvalue weighted by Gasteiger charge is 2.50. The Morgan fingerprint density at radius 2 is 2.58 bits per heavy atom. The molecule has 5 heteroatoms. The molecule has 0 aromatic carbocycles. The van der Waals surface area contributed by atoms with Crippen LogP contribution in [0.2, 0.25) is 0 Å².